The second-order valence-electron chi connectivity index (χ2n) is 28.6. The van der Waals surface area contributed by atoms with Crippen LogP contribution in [0.15, 0.2) is 84.9 Å². The van der Waals surface area contributed by atoms with Gasteiger partial charge in [-0.3, -0.25) is 38.6 Å². The molecule has 2 aliphatic heterocycles. The number of benzene rings is 5. The Morgan fingerprint density at radius 2 is 0.738 bits per heavy atom. The molecule has 6 amide bonds. The second-order valence-corrected chi connectivity index (χ2v) is 28.6. The van der Waals surface area contributed by atoms with Gasteiger partial charge < -0.3 is 20.1 Å². The van der Waals surface area contributed by atoms with Crippen LogP contribution in [0, 0.1) is 0 Å². The molecule has 107 heavy (non-hydrogen) atoms. The van der Waals surface area contributed by atoms with Gasteiger partial charge in [-0.2, -0.15) is 52.7 Å². The maximum absolute atomic E-state index is 16.3. The zero-order valence-corrected chi connectivity index (χ0v) is 63.4. The number of hydrogen-bond acceptors (Lipinski definition) is 10. The Labute approximate surface area is 616 Å². The van der Waals surface area contributed by atoms with Gasteiger partial charge in [0.05, 0.1) is 74.4 Å². The van der Waals surface area contributed by atoms with E-state index in [-0.39, 0.29) is 101 Å². The standard InChI is InChI=1S/C81H96F12N4O10/c1-17-38-71(14,20-4)94-63(98)55-45-60(70(105)107-29-13)56(46-59(55)69(104)106-28-12)64(99)95-73(16,39-18-2)74(23-7,24-8)47-30-34-51(61(43-47)78(82,83)84)52-35-31-48(44-62(52)79(85,86)87)75(25-9,26-10)76(27-11,40-19-3)97-66(101)54-37-33-50(42-58(54)68(97)103)77(80(88,89)90,81(91,92)93)49-32-36-53-57(41-49)67(102)96(65(53)100)72(15,21-5)22-6/h30-37,41-46H,17-29,38-40H2,1-16H3,(H,94,98)(H,95,99). The molecule has 5 aromatic rings. The number of rotatable bonds is 31. The Kier molecular flexibility index (Phi) is 25.3. The molecule has 2 aliphatic rings. The molecule has 0 spiro atoms. The van der Waals surface area contributed by atoms with E-state index in [1.165, 1.54) is 47.6 Å². The average Bonchev–Trinajstić information content (AvgIpc) is 1.22. The molecule has 0 fully saturated rings. The van der Waals surface area contributed by atoms with Crippen molar-refractivity contribution in [2.75, 3.05) is 13.2 Å². The number of imide groups is 2. The summed E-state index contributed by atoms with van der Waals surface area (Å²) in [5.74, 6) is -8.57. The summed E-state index contributed by atoms with van der Waals surface area (Å²) in [4.78, 5) is 117. The summed E-state index contributed by atoms with van der Waals surface area (Å²) in [6.45, 7) is 25.8. The van der Waals surface area contributed by atoms with Crippen LogP contribution in [0.3, 0.4) is 0 Å². The highest BCUT2D eigenvalue weighted by atomic mass is 19.4. The van der Waals surface area contributed by atoms with E-state index in [2.05, 4.69) is 10.6 Å². The number of ether oxygens (including phenoxy) is 2. The zero-order valence-electron chi connectivity index (χ0n) is 63.4. The molecule has 0 saturated carbocycles. The highest BCUT2D eigenvalue weighted by molar-refractivity contribution is 6.23. The molecule has 2 N–H and O–H groups in total. The second kappa shape index (κ2) is 31.6. The molecule has 7 rings (SSSR count). The van der Waals surface area contributed by atoms with Crippen LogP contribution in [0.25, 0.3) is 11.1 Å². The van der Waals surface area contributed by atoms with Gasteiger partial charge in [-0.25, -0.2) is 9.59 Å². The third-order valence-electron chi connectivity index (χ3n) is 23.4. The molecule has 2 heterocycles. The molecule has 0 saturated heterocycles. The predicted octanol–water partition coefficient (Wildman–Crippen LogP) is 20.4. The van der Waals surface area contributed by atoms with Gasteiger partial charge in [0, 0.05) is 27.4 Å². The molecule has 26 heteroatoms. The van der Waals surface area contributed by atoms with E-state index >= 15 is 67.1 Å². The quantitative estimate of drug-likeness (QED) is 0.0246. The summed E-state index contributed by atoms with van der Waals surface area (Å²) in [7, 11) is 0. The van der Waals surface area contributed by atoms with Crippen molar-refractivity contribution in [1.82, 2.24) is 20.4 Å². The normalized spacial score (nSPS) is 15.7. The summed E-state index contributed by atoms with van der Waals surface area (Å²) < 4.78 is 204. The Morgan fingerprint density at radius 1 is 0.374 bits per heavy atom. The number of nitrogens with one attached hydrogen (secondary N) is 2. The number of carbonyl (C=O) groups is 8. The van der Waals surface area contributed by atoms with Crippen molar-refractivity contribution >= 4 is 47.4 Å². The van der Waals surface area contributed by atoms with Gasteiger partial charge in [0.15, 0.2) is 0 Å². The fourth-order valence-electron chi connectivity index (χ4n) is 17.2. The van der Waals surface area contributed by atoms with Crippen LogP contribution in [-0.2, 0) is 38.1 Å². The van der Waals surface area contributed by atoms with Crippen LogP contribution in [0.4, 0.5) is 52.7 Å². The van der Waals surface area contributed by atoms with Crippen molar-refractivity contribution in [3.05, 3.63) is 163 Å². The number of nitrogens with zero attached hydrogens (tertiary/aromatic N) is 2. The largest absolute Gasteiger partial charge is 0.462 e. The van der Waals surface area contributed by atoms with E-state index in [1.54, 1.807) is 55.4 Å². The van der Waals surface area contributed by atoms with E-state index in [4.69, 9.17) is 9.47 Å². The van der Waals surface area contributed by atoms with Crippen LogP contribution in [-0.4, -0.2) is 105 Å². The van der Waals surface area contributed by atoms with Crippen molar-refractivity contribution in [3.8, 4) is 11.1 Å². The van der Waals surface area contributed by atoms with Crippen molar-refractivity contribution in [2.24, 2.45) is 0 Å². The first-order valence-corrected chi connectivity index (χ1v) is 36.7. The van der Waals surface area contributed by atoms with Gasteiger partial charge in [0.25, 0.3) is 35.4 Å². The first-order chi connectivity index (χ1) is 49.8. The first kappa shape index (κ1) is 85.7. The average molecular weight is 1510 g/mol. The van der Waals surface area contributed by atoms with E-state index in [0.717, 1.165) is 41.3 Å². The minimum atomic E-state index is -6.32. The first-order valence-electron chi connectivity index (χ1n) is 36.7. The van der Waals surface area contributed by atoms with Crippen LogP contribution in [0.1, 0.15) is 317 Å². The molecule has 584 valence electrons. The summed E-state index contributed by atoms with van der Waals surface area (Å²) in [6.07, 6.45) is -22.1. The number of halogens is 12. The Bertz CT molecular complexity index is 4230. The van der Waals surface area contributed by atoms with Gasteiger partial charge >= 0.3 is 36.6 Å². The lowest BCUT2D eigenvalue weighted by Gasteiger charge is -2.55. The number of hydrogen-bond donors (Lipinski definition) is 2. The highest BCUT2D eigenvalue weighted by Gasteiger charge is 2.73. The third-order valence-corrected chi connectivity index (χ3v) is 23.4. The van der Waals surface area contributed by atoms with Gasteiger partial charge in [-0.1, -0.05) is 132 Å². The summed E-state index contributed by atoms with van der Waals surface area (Å²) in [5.41, 5.74) is -26.8. The number of esters is 2. The molecule has 0 radical (unpaired) electrons. The van der Waals surface area contributed by atoms with Gasteiger partial charge in [-0.15, -0.1) is 0 Å². The fourth-order valence-corrected chi connectivity index (χ4v) is 17.2. The molecule has 0 aromatic heterocycles. The number of carbonyl (C=O) groups excluding carboxylic acids is 8. The Hall–Kier alpha value is -8.58. The lowest BCUT2D eigenvalue weighted by Crippen LogP contribution is -2.63. The molecule has 3 atom stereocenters. The Balaban J connectivity index is 1.38. The third kappa shape index (κ3) is 14.5. The molecule has 3 unspecified atom stereocenters. The molecular weight excluding hydrogens is 1420 g/mol. The zero-order chi connectivity index (χ0) is 80.6. The molecule has 0 bridgehead atoms. The molecule has 5 aromatic carbocycles. The maximum atomic E-state index is 16.3. The number of fused-ring (bicyclic) bond motifs is 2. The fraction of sp³-hybridized carbons (Fsp3) is 0.531. The van der Waals surface area contributed by atoms with Gasteiger partial charge in [0.2, 0.25) is 5.41 Å². The van der Waals surface area contributed by atoms with Crippen molar-refractivity contribution in [1.29, 1.82) is 0 Å². The van der Waals surface area contributed by atoms with Gasteiger partial charge in [-0.05, 0) is 187 Å². The van der Waals surface area contributed by atoms with Crippen LogP contribution in [0.2, 0.25) is 0 Å². The lowest BCUT2D eigenvalue weighted by atomic mass is 9.58. The van der Waals surface area contributed by atoms with E-state index < -0.39 is 183 Å². The van der Waals surface area contributed by atoms with Crippen molar-refractivity contribution in [2.45, 2.75) is 264 Å². The molecular formula is C81H96F12N4O10. The summed E-state index contributed by atoms with van der Waals surface area (Å²) >= 11 is 0. The number of alkyl halides is 12. The van der Waals surface area contributed by atoms with Crippen molar-refractivity contribution in [3.63, 3.8) is 0 Å². The topological polar surface area (TPSA) is 186 Å². The van der Waals surface area contributed by atoms with Crippen molar-refractivity contribution < 1.29 is 101 Å². The maximum Gasteiger partial charge on any atom is 0.417 e. The SMILES string of the molecule is CCCC(C)(CC)NC(=O)c1cc(C(=O)OCC)c(C(=O)NC(C)(CCC)C(CC)(CC)c2ccc(-c3ccc(C(CC)(CC)C(CC)(CCC)N4C(=O)c5ccc(C(c6ccc7c(c6)C(=O)N(C(C)(CC)CC)C7=O)(C(F)(F)F)C(F)(F)F)cc5C4=O)cc3C(F)(F)F)c(C(F)(F)F)c2)cc1C(=O)OCC. The monoisotopic (exact) mass is 1510 g/mol. The van der Waals surface area contributed by atoms with Crippen LogP contribution < -0.4 is 10.6 Å². The van der Waals surface area contributed by atoms with Crippen LogP contribution >= 0.6 is 0 Å². The highest BCUT2D eigenvalue weighted by Crippen LogP contribution is 2.59. The Morgan fingerprint density at radius 3 is 1.09 bits per heavy atom. The van der Waals surface area contributed by atoms with E-state index in [9.17, 15) is 24.0 Å². The summed E-state index contributed by atoms with van der Waals surface area (Å²) in [6, 6.07) is 10.3. The van der Waals surface area contributed by atoms with Crippen LogP contribution in [0.5, 0.6) is 0 Å². The molecule has 14 nitrogen and oxygen atoms in total. The predicted molar refractivity (Wildman–Crippen MR) is 380 cm³/mol. The summed E-state index contributed by atoms with van der Waals surface area (Å²) in [5, 5.41) is 5.93. The minimum absolute atomic E-state index is 0.0198. The minimum Gasteiger partial charge on any atom is -0.462 e. The van der Waals surface area contributed by atoms with E-state index in [0.29, 0.717) is 66.6 Å². The smallest absolute Gasteiger partial charge is 0.417 e. The number of amides is 6. The van der Waals surface area contributed by atoms with E-state index in [1.807, 2.05) is 13.8 Å². The lowest BCUT2D eigenvalue weighted by molar-refractivity contribution is -0.288. The van der Waals surface area contributed by atoms with Gasteiger partial charge in [0.1, 0.15) is 0 Å². The molecule has 0 aliphatic carbocycles.